The first-order valence-corrected chi connectivity index (χ1v) is 8.62. The van der Waals surface area contributed by atoms with E-state index >= 15 is 0 Å². The van der Waals surface area contributed by atoms with Gasteiger partial charge in [-0.15, -0.1) is 0 Å². The number of hydrogen-bond donors (Lipinski definition) is 0. The van der Waals surface area contributed by atoms with Crippen molar-refractivity contribution in [3.05, 3.63) is 17.0 Å². The van der Waals surface area contributed by atoms with Gasteiger partial charge in [0.05, 0.1) is 5.69 Å². The van der Waals surface area contributed by atoms with Crippen molar-refractivity contribution in [3.8, 4) is 0 Å². The molecule has 3 heterocycles. The van der Waals surface area contributed by atoms with E-state index in [0.717, 1.165) is 24.0 Å². The van der Waals surface area contributed by atoms with Crippen LogP contribution in [-0.2, 0) is 6.54 Å². The lowest BCUT2D eigenvalue weighted by Crippen LogP contribution is -2.48. The summed E-state index contributed by atoms with van der Waals surface area (Å²) in [6.07, 6.45) is 8.32. The first-order chi connectivity index (χ1) is 10.2. The molecule has 118 valence electrons. The van der Waals surface area contributed by atoms with Crippen molar-refractivity contribution in [2.24, 2.45) is 0 Å². The van der Waals surface area contributed by atoms with Crippen LogP contribution >= 0.6 is 0 Å². The van der Waals surface area contributed by atoms with Gasteiger partial charge in [-0.3, -0.25) is 9.80 Å². The van der Waals surface area contributed by atoms with Crippen LogP contribution < -0.4 is 0 Å². The highest BCUT2D eigenvalue weighted by Gasteiger charge is 2.26. The zero-order chi connectivity index (χ0) is 14.7. The molecule has 0 N–H and O–H groups in total. The highest BCUT2D eigenvalue weighted by atomic mass is 16.5. The quantitative estimate of drug-likeness (QED) is 0.856. The van der Waals surface area contributed by atoms with Gasteiger partial charge in [-0.05, 0) is 59.2 Å². The summed E-state index contributed by atoms with van der Waals surface area (Å²) in [6, 6.07) is 0.761. The highest BCUT2D eigenvalue weighted by molar-refractivity contribution is 5.20. The Labute approximate surface area is 128 Å². The van der Waals surface area contributed by atoms with Crippen molar-refractivity contribution in [3.63, 3.8) is 0 Å². The summed E-state index contributed by atoms with van der Waals surface area (Å²) in [6.45, 7) is 10.1. The topological polar surface area (TPSA) is 32.5 Å². The maximum atomic E-state index is 5.31. The number of piperidine rings is 1. The van der Waals surface area contributed by atoms with Crippen molar-refractivity contribution in [1.29, 1.82) is 0 Å². The Morgan fingerprint density at radius 1 is 1.05 bits per heavy atom. The van der Waals surface area contributed by atoms with Crippen LogP contribution in [0.3, 0.4) is 0 Å². The number of hydrogen-bond acceptors (Lipinski definition) is 4. The van der Waals surface area contributed by atoms with Crippen LogP contribution in [0.15, 0.2) is 4.52 Å². The molecule has 1 unspecified atom stereocenters. The van der Waals surface area contributed by atoms with E-state index in [0.29, 0.717) is 0 Å². The zero-order valence-corrected chi connectivity index (χ0v) is 13.6. The van der Waals surface area contributed by atoms with E-state index in [4.69, 9.17) is 4.52 Å². The molecule has 2 saturated heterocycles. The summed E-state index contributed by atoms with van der Waals surface area (Å²) >= 11 is 0. The molecular formula is C17H29N3O. The second-order valence-electron chi connectivity index (χ2n) is 6.78. The first kappa shape index (κ1) is 15.0. The van der Waals surface area contributed by atoms with Crippen molar-refractivity contribution in [2.45, 2.75) is 65.0 Å². The van der Waals surface area contributed by atoms with Crippen LogP contribution in [0.25, 0.3) is 0 Å². The van der Waals surface area contributed by atoms with Crippen molar-refractivity contribution < 1.29 is 4.52 Å². The van der Waals surface area contributed by atoms with Gasteiger partial charge in [0.25, 0.3) is 0 Å². The number of aryl methyl sites for hydroxylation is 2. The molecule has 2 aliphatic rings. The van der Waals surface area contributed by atoms with Crippen molar-refractivity contribution in [1.82, 2.24) is 15.0 Å². The van der Waals surface area contributed by atoms with E-state index in [2.05, 4.69) is 21.9 Å². The Balaban J connectivity index is 1.60. The van der Waals surface area contributed by atoms with Gasteiger partial charge < -0.3 is 4.52 Å². The maximum absolute atomic E-state index is 5.31. The monoisotopic (exact) mass is 291 g/mol. The molecule has 1 atom stereocenters. The number of rotatable bonds is 3. The lowest BCUT2D eigenvalue weighted by molar-refractivity contribution is 0.0952. The van der Waals surface area contributed by atoms with Crippen molar-refractivity contribution >= 4 is 0 Å². The molecule has 1 aromatic heterocycles. The Bertz CT molecular complexity index is 429. The smallest absolute Gasteiger partial charge is 0.138 e. The van der Waals surface area contributed by atoms with Gasteiger partial charge in [0.1, 0.15) is 5.76 Å². The Morgan fingerprint density at radius 2 is 1.81 bits per heavy atom. The lowest BCUT2D eigenvalue weighted by atomic mass is 10.0. The predicted octanol–water partition coefficient (Wildman–Crippen LogP) is 3.13. The van der Waals surface area contributed by atoms with Gasteiger partial charge in [-0.2, -0.15) is 0 Å². The molecule has 4 nitrogen and oxygen atoms in total. The number of likely N-dealkylation sites (tertiary alicyclic amines) is 2. The second kappa shape index (κ2) is 6.93. The third kappa shape index (κ3) is 3.67. The molecule has 4 heteroatoms. The molecule has 2 aliphatic heterocycles. The van der Waals surface area contributed by atoms with E-state index < -0.39 is 0 Å². The van der Waals surface area contributed by atoms with Gasteiger partial charge >= 0.3 is 0 Å². The Morgan fingerprint density at radius 3 is 2.48 bits per heavy atom. The van der Waals surface area contributed by atoms with Crippen LogP contribution in [-0.4, -0.2) is 47.2 Å². The zero-order valence-electron chi connectivity index (χ0n) is 13.6. The minimum absolute atomic E-state index is 0.761. The van der Waals surface area contributed by atoms with E-state index in [1.165, 1.54) is 70.3 Å². The number of nitrogens with zero attached hydrogens (tertiary/aromatic N) is 3. The van der Waals surface area contributed by atoms with E-state index in [1.807, 2.05) is 6.92 Å². The molecule has 0 aromatic carbocycles. The largest absolute Gasteiger partial charge is 0.361 e. The standard InChI is InChI=1S/C17H29N3O/c1-14-17(15(2)21-18-14)13-19-9-7-8-16(12-19)20-10-5-3-4-6-11-20/h16H,3-13H2,1-2H3. The molecule has 3 rings (SSSR count). The molecule has 0 radical (unpaired) electrons. The van der Waals surface area contributed by atoms with Crippen LogP contribution in [0.1, 0.15) is 55.5 Å². The SMILES string of the molecule is Cc1noc(C)c1CN1CCCC(N2CCCCCC2)C1. The fraction of sp³-hybridized carbons (Fsp3) is 0.824. The third-order valence-corrected chi connectivity index (χ3v) is 5.20. The minimum atomic E-state index is 0.761. The number of aromatic nitrogens is 1. The molecular weight excluding hydrogens is 262 g/mol. The van der Waals surface area contributed by atoms with Crippen molar-refractivity contribution in [2.75, 3.05) is 26.2 Å². The highest BCUT2D eigenvalue weighted by Crippen LogP contribution is 2.23. The van der Waals surface area contributed by atoms with Gasteiger partial charge in [-0.25, -0.2) is 0 Å². The normalized spacial score (nSPS) is 25.9. The molecule has 0 bridgehead atoms. The van der Waals surface area contributed by atoms with E-state index in [-0.39, 0.29) is 0 Å². The average Bonchev–Trinajstić information content (AvgIpc) is 2.74. The average molecular weight is 291 g/mol. The van der Waals surface area contributed by atoms with Crippen LogP contribution in [0.2, 0.25) is 0 Å². The summed E-state index contributed by atoms with van der Waals surface area (Å²) in [5.41, 5.74) is 2.36. The summed E-state index contributed by atoms with van der Waals surface area (Å²) < 4.78 is 5.31. The fourth-order valence-corrected chi connectivity index (χ4v) is 3.88. The Kier molecular flexibility index (Phi) is 4.96. The summed E-state index contributed by atoms with van der Waals surface area (Å²) in [5, 5.41) is 4.09. The third-order valence-electron chi connectivity index (χ3n) is 5.20. The molecule has 0 amide bonds. The first-order valence-electron chi connectivity index (χ1n) is 8.62. The summed E-state index contributed by atoms with van der Waals surface area (Å²) in [7, 11) is 0. The van der Waals surface area contributed by atoms with Crippen LogP contribution in [0.4, 0.5) is 0 Å². The predicted molar refractivity (Wildman–Crippen MR) is 84.3 cm³/mol. The maximum Gasteiger partial charge on any atom is 0.138 e. The molecule has 0 saturated carbocycles. The lowest BCUT2D eigenvalue weighted by Gasteiger charge is -2.39. The molecule has 21 heavy (non-hydrogen) atoms. The molecule has 1 aromatic rings. The fourth-order valence-electron chi connectivity index (χ4n) is 3.88. The van der Waals surface area contributed by atoms with Gasteiger partial charge in [-0.1, -0.05) is 18.0 Å². The van der Waals surface area contributed by atoms with Crippen LogP contribution in [0.5, 0.6) is 0 Å². The van der Waals surface area contributed by atoms with Gasteiger partial charge in [0, 0.05) is 24.7 Å². The second-order valence-corrected chi connectivity index (χ2v) is 6.78. The van der Waals surface area contributed by atoms with Gasteiger partial charge in [0.15, 0.2) is 0 Å². The van der Waals surface area contributed by atoms with Crippen LogP contribution in [0, 0.1) is 13.8 Å². The van der Waals surface area contributed by atoms with E-state index in [1.54, 1.807) is 0 Å². The summed E-state index contributed by atoms with van der Waals surface area (Å²) in [4.78, 5) is 5.36. The molecule has 0 aliphatic carbocycles. The Hall–Kier alpha value is -0.870. The summed E-state index contributed by atoms with van der Waals surface area (Å²) in [5.74, 6) is 0.990. The minimum Gasteiger partial charge on any atom is -0.361 e. The molecule has 2 fully saturated rings. The molecule has 0 spiro atoms. The van der Waals surface area contributed by atoms with E-state index in [9.17, 15) is 0 Å². The van der Waals surface area contributed by atoms with Gasteiger partial charge in [0.2, 0.25) is 0 Å².